The summed E-state index contributed by atoms with van der Waals surface area (Å²) in [7, 11) is 3.11. The second-order valence-corrected chi connectivity index (χ2v) is 8.03. The highest BCUT2D eigenvalue weighted by Gasteiger charge is 2.16. The van der Waals surface area contributed by atoms with Crippen molar-refractivity contribution < 1.29 is 23.8 Å². The maximum absolute atomic E-state index is 12.4. The number of carbonyl (C=O) groups is 2. The first-order valence-electron chi connectivity index (χ1n) is 10.4. The van der Waals surface area contributed by atoms with E-state index in [-0.39, 0.29) is 5.69 Å². The number of carbonyl (C=O) groups excluding carboxylic acids is 2. The van der Waals surface area contributed by atoms with Gasteiger partial charge < -0.3 is 19.5 Å². The summed E-state index contributed by atoms with van der Waals surface area (Å²) in [4.78, 5) is 28.9. The number of hydrogen-bond acceptors (Lipinski definition) is 7. The van der Waals surface area contributed by atoms with E-state index in [9.17, 15) is 9.59 Å². The van der Waals surface area contributed by atoms with E-state index in [2.05, 4.69) is 10.3 Å². The van der Waals surface area contributed by atoms with Gasteiger partial charge in [-0.25, -0.2) is 9.78 Å². The largest absolute Gasteiger partial charge is 0.493 e. The number of anilines is 1. The number of nitrogens with one attached hydrogen (secondary N) is 1. The molecule has 34 heavy (non-hydrogen) atoms. The molecule has 0 atom stereocenters. The predicted octanol–water partition coefficient (Wildman–Crippen LogP) is 5.29. The third-order valence-corrected chi connectivity index (χ3v) is 5.85. The highest BCUT2D eigenvalue weighted by atomic mass is 32.1. The molecule has 0 spiro atoms. The van der Waals surface area contributed by atoms with Gasteiger partial charge in [0.05, 0.1) is 14.2 Å². The normalized spacial score (nSPS) is 10.4. The number of rotatable bonds is 8. The molecule has 0 aliphatic heterocycles. The maximum Gasteiger partial charge on any atom is 0.358 e. The Labute approximate surface area is 201 Å². The molecule has 1 amide bonds. The Morgan fingerprint density at radius 3 is 2.24 bits per heavy atom. The fraction of sp³-hybridized carbons (Fsp3) is 0.115. The van der Waals surface area contributed by atoms with Crippen LogP contribution in [0.5, 0.6) is 11.5 Å². The molecule has 8 heteroatoms. The summed E-state index contributed by atoms with van der Waals surface area (Å²) >= 11 is 1.29. The SMILES string of the molecule is COc1ccc(-c2nc(C(=O)OCC(=O)Nc3ccc(-c4ccccc4)cc3)cs2)cc1OC. The molecular formula is C26H22N2O5S. The van der Waals surface area contributed by atoms with Crippen LogP contribution in [0.1, 0.15) is 10.5 Å². The number of amides is 1. The van der Waals surface area contributed by atoms with Crippen LogP contribution in [-0.2, 0) is 9.53 Å². The Morgan fingerprint density at radius 2 is 1.53 bits per heavy atom. The van der Waals surface area contributed by atoms with Crippen molar-refractivity contribution in [1.29, 1.82) is 0 Å². The van der Waals surface area contributed by atoms with Gasteiger partial charge in [0.2, 0.25) is 0 Å². The number of ether oxygens (including phenoxy) is 3. The minimum Gasteiger partial charge on any atom is -0.493 e. The highest BCUT2D eigenvalue weighted by molar-refractivity contribution is 7.13. The van der Waals surface area contributed by atoms with Crippen molar-refractivity contribution in [2.24, 2.45) is 0 Å². The number of thiazole rings is 1. The molecule has 0 aliphatic rings. The lowest BCUT2D eigenvalue weighted by atomic mass is 10.1. The standard InChI is InChI=1S/C26H22N2O5S/c1-31-22-13-10-19(14-23(22)32-2)25-28-21(16-34-25)26(30)33-15-24(29)27-20-11-8-18(9-12-20)17-6-4-3-5-7-17/h3-14,16H,15H2,1-2H3,(H,27,29). The molecule has 1 aromatic heterocycles. The molecule has 1 N–H and O–H groups in total. The summed E-state index contributed by atoms with van der Waals surface area (Å²) < 4.78 is 15.7. The third kappa shape index (κ3) is 5.41. The van der Waals surface area contributed by atoms with Crippen LogP contribution < -0.4 is 14.8 Å². The minimum atomic E-state index is -0.669. The number of esters is 1. The van der Waals surface area contributed by atoms with Crippen molar-refractivity contribution in [3.8, 4) is 33.2 Å². The van der Waals surface area contributed by atoms with Gasteiger partial charge >= 0.3 is 5.97 Å². The lowest BCUT2D eigenvalue weighted by Gasteiger charge is -2.08. The molecule has 0 saturated carbocycles. The van der Waals surface area contributed by atoms with E-state index < -0.39 is 18.5 Å². The van der Waals surface area contributed by atoms with E-state index in [0.717, 1.165) is 16.7 Å². The summed E-state index contributed by atoms with van der Waals surface area (Å²) in [6.45, 7) is -0.414. The van der Waals surface area contributed by atoms with Crippen LogP contribution in [0, 0.1) is 0 Å². The van der Waals surface area contributed by atoms with Gasteiger partial charge in [-0.3, -0.25) is 4.79 Å². The van der Waals surface area contributed by atoms with Crippen molar-refractivity contribution in [3.63, 3.8) is 0 Å². The van der Waals surface area contributed by atoms with E-state index in [4.69, 9.17) is 14.2 Å². The second kappa shape index (κ2) is 10.6. The number of benzene rings is 3. The second-order valence-electron chi connectivity index (χ2n) is 7.18. The number of hydrogen-bond donors (Lipinski definition) is 1. The summed E-state index contributed by atoms with van der Waals surface area (Å²) in [6.07, 6.45) is 0. The molecular weight excluding hydrogens is 452 g/mol. The van der Waals surface area contributed by atoms with Crippen LogP contribution in [0.2, 0.25) is 0 Å². The summed E-state index contributed by atoms with van der Waals surface area (Å²) in [6, 6.07) is 22.8. The summed E-state index contributed by atoms with van der Waals surface area (Å²) in [5.41, 5.74) is 3.65. The van der Waals surface area contributed by atoms with Gasteiger partial charge in [-0.1, -0.05) is 42.5 Å². The van der Waals surface area contributed by atoms with E-state index in [1.54, 1.807) is 43.9 Å². The van der Waals surface area contributed by atoms with Gasteiger partial charge in [-0.05, 0) is 41.5 Å². The number of aromatic nitrogens is 1. The van der Waals surface area contributed by atoms with Crippen LogP contribution in [0.15, 0.2) is 78.2 Å². The molecule has 172 valence electrons. The number of methoxy groups -OCH3 is 2. The Balaban J connectivity index is 1.32. The Bertz CT molecular complexity index is 1290. The average molecular weight is 475 g/mol. The lowest BCUT2D eigenvalue weighted by Crippen LogP contribution is -2.21. The zero-order valence-electron chi connectivity index (χ0n) is 18.6. The minimum absolute atomic E-state index is 0.134. The molecule has 0 radical (unpaired) electrons. The molecule has 0 saturated heterocycles. The fourth-order valence-corrected chi connectivity index (χ4v) is 4.03. The highest BCUT2D eigenvalue weighted by Crippen LogP contribution is 2.33. The van der Waals surface area contributed by atoms with Gasteiger partial charge in [0.25, 0.3) is 5.91 Å². The zero-order valence-corrected chi connectivity index (χ0v) is 19.4. The summed E-state index contributed by atoms with van der Waals surface area (Å²) in [5, 5.41) is 4.94. The van der Waals surface area contributed by atoms with Crippen LogP contribution in [-0.4, -0.2) is 37.7 Å². The first-order valence-corrected chi connectivity index (χ1v) is 11.3. The average Bonchev–Trinajstić information content (AvgIpc) is 3.38. The van der Waals surface area contributed by atoms with Crippen molar-refractivity contribution >= 4 is 28.9 Å². The van der Waals surface area contributed by atoms with Crippen molar-refractivity contribution in [2.45, 2.75) is 0 Å². The van der Waals surface area contributed by atoms with Gasteiger partial charge in [0, 0.05) is 16.6 Å². The first-order chi connectivity index (χ1) is 16.6. The van der Waals surface area contributed by atoms with E-state index in [1.165, 1.54) is 11.3 Å². The zero-order chi connectivity index (χ0) is 23.9. The Morgan fingerprint density at radius 1 is 0.853 bits per heavy atom. The number of nitrogens with zero attached hydrogens (tertiary/aromatic N) is 1. The van der Waals surface area contributed by atoms with Gasteiger partial charge in [0.1, 0.15) is 5.01 Å². The molecule has 3 aromatic carbocycles. The maximum atomic E-state index is 12.4. The third-order valence-electron chi connectivity index (χ3n) is 4.95. The van der Waals surface area contributed by atoms with Gasteiger partial charge in [-0.2, -0.15) is 0 Å². The molecule has 0 unspecified atom stereocenters. The van der Waals surface area contributed by atoms with Crippen LogP contribution in [0.25, 0.3) is 21.7 Å². The first kappa shape index (κ1) is 23.0. The molecule has 0 aliphatic carbocycles. The van der Waals surface area contributed by atoms with E-state index in [0.29, 0.717) is 22.2 Å². The van der Waals surface area contributed by atoms with E-state index >= 15 is 0 Å². The molecule has 7 nitrogen and oxygen atoms in total. The van der Waals surface area contributed by atoms with Crippen LogP contribution in [0.4, 0.5) is 5.69 Å². The molecule has 0 fully saturated rings. The molecule has 4 rings (SSSR count). The topological polar surface area (TPSA) is 86.8 Å². The Hall–Kier alpha value is -4.17. The smallest absolute Gasteiger partial charge is 0.358 e. The summed E-state index contributed by atoms with van der Waals surface area (Å²) in [5.74, 6) is 0.0599. The van der Waals surface area contributed by atoms with E-state index in [1.807, 2.05) is 48.5 Å². The van der Waals surface area contributed by atoms with Crippen molar-refractivity contribution in [1.82, 2.24) is 4.98 Å². The lowest BCUT2D eigenvalue weighted by molar-refractivity contribution is -0.119. The molecule has 0 bridgehead atoms. The van der Waals surface area contributed by atoms with Crippen LogP contribution >= 0.6 is 11.3 Å². The molecule has 4 aromatic rings. The van der Waals surface area contributed by atoms with Gasteiger partial charge in [0.15, 0.2) is 23.8 Å². The van der Waals surface area contributed by atoms with Gasteiger partial charge in [-0.15, -0.1) is 11.3 Å². The quantitative estimate of drug-likeness (QED) is 0.349. The predicted molar refractivity (Wildman–Crippen MR) is 131 cm³/mol. The fourth-order valence-electron chi connectivity index (χ4n) is 3.25. The van der Waals surface area contributed by atoms with Crippen molar-refractivity contribution in [2.75, 3.05) is 26.1 Å². The molecule has 1 heterocycles. The van der Waals surface area contributed by atoms with Crippen LogP contribution in [0.3, 0.4) is 0 Å². The Kier molecular flexibility index (Phi) is 7.19. The van der Waals surface area contributed by atoms with Crippen molar-refractivity contribution in [3.05, 3.63) is 83.9 Å². The monoisotopic (exact) mass is 474 g/mol.